The number of carbonyl (C=O) groups excluding carboxylic acids is 1. The fourth-order valence-corrected chi connectivity index (χ4v) is 4.99. The second kappa shape index (κ2) is 29.1. The van der Waals surface area contributed by atoms with E-state index in [-0.39, 0.29) is 25.8 Å². The minimum Gasteiger partial charge on any atom is -0.756 e. The molecule has 0 amide bonds. The van der Waals surface area contributed by atoms with Crippen LogP contribution >= 0.6 is 7.82 Å². The van der Waals surface area contributed by atoms with Gasteiger partial charge in [-0.05, 0) is 44.9 Å². The van der Waals surface area contributed by atoms with Gasteiger partial charge in [0.2, 0.25) is 0 Å². The molecule has 0 saturated carbocycles. The Kier molecular flexibility index (Phi) is 28.3. The molecule has 0 aliphatic rings. The van der Waals surface area contributed by atoms with Crippen molar-refractivity contribution < 1.29 is 37.3 Å². The van der Waals surface area contributed by atoms with Crippen LogP contribution in [0.3, 0.4) is 0 Å². The van der Waals surface area contributed by atoms with E-state index >= 15 is 0 Å². The molecule has 0 aromatic heterocycles. The molecule has 0 fully saturated rings. The molecule has 0 N–H and O–H groups in total. The Morgan fingerprint density at radius 1 is 0.727 bits per heavy atom. The van der Waals surface area contributed by atoms with Crippen LogP contribution in [-0.2, 0) is 27.9 Å². The van der Waals surface area contributed by atoms with Gasteiger partial charge in [-0.15, -0.1) is 0 Å². The normalized spacial score (nSPS) is 14.6. The number of allylic oxidation sites excluding steroid dienone is 6. The van der Waals surface area contributed by atoms with E-state index < -0.39 is 13.9 Å². The van der Waals surface area contributed by atoms with Crippen LogP contribution in [0, 0.1) is 0 Å². The van der Waals surface area contributed by atoms with Crippen molar-refractivity contribution in [3.05, 3.63) is 36.5 Å². The topological polar surface area (TPSA) is 94.1 Å². The van der Waals surface area contributed by atoms with Crippen LogP contribution in [-0.4, -0.2) is 70.7 Å². The first-order valence-corrected chi connectivity index (χ1v) is 18.7. The van der Waals surface area contributed by atoms with Crippen LogP contribution in [0.1, 0.15) is 123 Å². The fourth-order valence-electron chi connectivity index (χ4n) is 4.26. The first-order valence-electron chi connectivity index (χ1n) is 17.2. The van der Waals surface area contributed by atoms with Crippen LogP contribution in [0.4, 0.5) is 0 Å². The van der Waals surface area contributed by atoms with Gasteiger partial charge in [0.15, 0.2) is 0 Å². The summed E-state index contributed by atoms with van der Waals surface area (Å²) in [5.74, 6) is -0.356. The number of hydrogen-bond donors (Lipinski definition) is 0. The summed E-state index contributed by atoms with van der Waals surface area (Å²) in [6, 6.07) is 0. The molecule has 0 rings (SSSR count). The summed E-state index contributed by atoms with van der Waals surface area (Å²) < 4.78 is 34.2. The third-order valence-electron chi connectivity index (χ3n) is 6.96. The fraction of sp³-hybridized carbons (Fsp3) is 0.800. The lowest BCUT2D eigenvalue weighted by Crippen LogP contribution is -2.37. The van der Waals surface area contributed by atoms with Gasteiger partial charge in [-0.25, -0.2) is 0 Å². The van der Waals surface area contributed by atoms with Gasteiger partial charge in [-0.1, -0.05) is 108 Å². The van der Waals surface area contributed by atoms with Gasteiger partial charge < -0.3 is 27.9 Å². The van der Waals surface area contributed by atoms with E-state index in [2.05, 4.69) is 50.3 Å². The summed E-state index contributed by atoms with van der Waals surface area (Å²) >= 11 is 0. The average Bonchev–Trinajstić information content (AvgIpc) is 2.96. The van der Waals surface area contributed by atoms with Crippen LogP contribution in [0.25, 0.3) is 0 Å². The van der Waals surface area contributed by atoms with Crippen LogP contribution in [0.2, 0.25) is 0 Å². The standard InChI is InChI=1S/C35H66NO7P/c1-6-8-10-12-14-15-16-17-18-19-20-21-22-24-26-28-35(37)43-34(32-40-30-27-25-23-13-11-9-7-2)33-42-44(38,39)41-31-29-36(3,4)5/h8,10,14-15,17-18,34H,6-7,9,11-13,16,19-33H2,1-5H3/b10-8-,15-14-,18-17-. The van der Waals surface area contributed by atoms with E-state index in [9.17, 15) is 14.3 Å². The predicted octanol–water partition coefficient (Wildman–Crippen LogP) is 8.46. The lowest BCUT2D eigenvalue weighted by Gasteiger charge is -2.28. The van der Waals surface area contributed by atoms with E-state index in [4.69, 9.17) is 18.5 Å². The van der Waals surface area contributed by atoms with Crippen LogP contribution in [0.5, 0.6) is 0 Å². The zero-order chi connectivity index (χ0) is 32.8. The number of esters is 1. The number of rotatable bonds is 31. The quantitative estimate of drug-likeness (QED) is 0.0246. The minimum atomic E-state index is -4.51. The molecule has 0 aliphatic heterocycles. The summed E-state index contributed by atoms with van der Waals surface area (Å²) in [6.45, 7) is 5.21. The first-order chi connectivity index (χ1) is 21.1. The van der Waals surface area contributed by atoms with Gasteiger partial charge in [-0.2, -0.15) is 0 Å². The van der Waals surface area contributed by atoms with Gasteiger partial charge in [0, 0.05) is 13.0 Å². The number of unbranched alkanes of at least 4 members (excludes halogenated alkanes) is 11. The molecule has 0 bridgehead atoms. The molecular formula is C35H66NO7P. The Labute approximate surface area is 270 Å². The van der Waals surface area contributed by atoms with Gasteiger partial charge in [0.05, 0.1) is 34.4 Å². The highest BCUT2D eigenvalue weighted by molar-refractivity contribution is 7.45. The van der Waals surface area contributed by atoms with E-state index in [1.165, 1.54) is 32.1 Å². The van der Waals surface area contributed by atoms with Crippen molar-refractivity contribution in [3.8, 4) is 0 Å². The number of nitrogens with zero attached hydrogens (tertiary/aromatic N) is 1. The molecule has 44 heavy (non-hydrogen) atoms. The van der Waals surface area contributed by atoms with Gasteiger partial charge in [0.1, 0.15) is 19.3 Å². The molecule has 8 nitrogen and oxygen atoms in total. The smallest absolute Gasteiger partial charge is 0.306 e. The summed E-state index contributed by atoms with van der Waals surface area (Å²) in [6.07, 6.45) is 30.2. The van der Waals surface area contributed by atoms with E-state index in [1.807, 2.05) is 21.1 Å². The second-order valence-corrected chi connectivity index (χ2v) is 13.9. The maximum absolute atomic E-state index is 12.5. The lowest BCUT2D eigenvalue weighted by molar-refractivity contribution is -0.870. The number of ether oxygens (including phenoxy) is 2. The second-order valence-electron chi connectivity index (χ2n) is 12.5. The minimum absolute atomic E-state index is 0.0221. The first kappa shape index (κ1) is 42.7. The molecular weight excluding hydrogens is 577 g/mol. The lowest BCUT2D eigenvalue weighted by atomic mass is 10.1. The molecule has 0 saturated heterocycles. The maximum Gasteiger partial charge on any atom is 0.306 e. The van der Waals surface area contributed by atoms with E-state index in [1.54, 1.807) is 0 Å². The van der Waals surface area contributed by atoms with Crippen LogP contribution < -0.4 is 4.89 Å². The molecule has 0 radical (unpaired) electrons. The number of phosphoric acid groups is 1. The molecule has 2 unspecified atom stereocenters. The van der Waals surface area contributed by atoms with E-state index in [0.29, 0.717) is 24.1 Å². The molecule has 258 valence electrons. The van der Waals surface area contributed by atoms with Crippen molar-refractivity contribution in [2.45, 2.75) is 129 Å². The third kappa shape index (κ3) is 32.1. The Hall–Kier alpha value is -1.28. The van der Waals surface area contributed by atoms with Gasteiger partial charge in [0.25, 0.3) is 7.82 Å². The molecule has 0 aliphatic carbocycles. The Balaban J connectivity index is 4.33. The predicted molar refractivity (Wildman–Crippen MR) is 180 cm³/mol. The van der Waals surface area contributed by atoms with Crippen molar-refractivity contribution in [2.24, 2.45) is 0 Å². The number of hydrogen-bond acceptors (Lipinski definition) is 7. The average molecular weight is 644 g/mol. The molecule has 0 spiro atoms. The van der Waals surface area contributed by atoms with Crippen molar-refractivity contribution in [1.29, 1.82) is 0 Å². The number of phosphoric ester groups is 1. The summed E-state index contributed by atoms with van der Waals surface area (Å²) in [5.41, 5.74) is 0. The highest BCUT2D eigenvalue weighted by Gasteiger charge is 2.20. The number of likely N-dealkylation sites (N-methyl/N-ethyl adjacent to an activating group) is 1. The zero-order valence-electron chi connectivity index (χ0n) is 28.8. The SMILES string of the molecule is CC/C=C\C/C=C\C/C=C\CCCCCCCC(=O)OC(COCCCCCCCCC)COP(=O)([O-])OCC[N+](C)(C)C. The Morgan fingerprint density at radius 3 is 1.98 bits per heavy atom. The maximum atomic E-state index is 12.5. The molecule has 2 atom stereocenters. The van der Waals surface area contributed by atoms with Crippen molar-refractivity contribution in [3.63, 3.8) is 0 Å². The summed E-state index contributed by atoms with van der Waals surface area (Å²) in [4.78, 5) is 24.8. The zero-order valence-corrected chi connectivity index (χ0v) is 29.7. The number of carbonyl (C=O) groups is 1. The third-order valence-corrected chi connectivity index (χ3v) is 7.92. The molecule has 0 heterocycles. The molecule has 0 aromatic rings. The highest BCUT2D eigenvalue weighted by Crippen LogP contribution is 2.38. The van der Waals surface area contributed by atoms with Crippen molar-refractivity contribution in [1.82, 2.24) is 0 Å². The van der Waals surface area contributed by atoms with Crippen molar-refractivity contribution >= 4 is 13.8 Å². The highest BCUT2D eigenvalue weighted by atomic mass is 31.2. The van der Waals surface area contributed by atoms with E-state index in [0.717, 1.165) is 70.6 Å². The molecule has 9 heteroatoms. The molecule has 0 aromatic carbocycles. The number of quaternary nitrogens is 1. The monoisotopic (exact) mass is 643 g/mol. The Morgan fingerprint density at radius 2 is 1.32 bits per heavy atom. The summed E-state index contributed by atoms with van der Waals surface area (Å²) in [7, 11) is 1.34. The summed E-state index contributed by atoms with van der Waals surface area (Å²) in [5, 5.41) is 0. The van der Waals surface area contributed by atoms with Crippen molar-refractivity contribution in [2.75, 3.05) is 54.1 Å². The largest absolute Gasteiger partial charge is 0.756 e. The van der Waals surface area contributed by atoms with Gasteiger partial charge >= 0.3 is 5.97 Å². The van der Waals surface area contributed by atoms with Gasteiger partial charge in [-0.3, -0.25) is 9.36 Å². The Bertz CT molecular complexity index is 807. The van der Waals surface area contributed by atoms with Crippen LogP contribution in [0.15, 0.2) is 36.5 Å².